The van der Waals surface area contributed by atoms with E-state index in [0.717, 1.165) is 24.3 Å². The second kappa shape index (κ2) is 7.65. The summed E-state index contributed by atoms with van der Waals surface area (Å²) in [6.45, 7) is 0.607. The predicted molar refractivity (Wildman–Crippen MR) is 69.8 cm³/mol. The Morgan fingerprint density at radius 3 is 3.19 bits per heavy atom. The Labute approximate surface area is 104 Å². The summed E-state index contributed by atoms with van der Waals surface area (Å²) >= 11 is 3.27. The minimum atomic E-state index is -0.386. The quantitative estimate of drug-likeness (QED) is 0.763. The molecule has 0 saturated carbocycles. The molecule has 0 aliphatic rings. The molecule has 0 aliphatic heterocycles. The molecule has 1 amide bonds. The Hall–Kier alpha value is -0.590. The zero-order chi connectivity index (χ0) is 11.8. The molecule has 0 fully saturated rings. The van der Waals surface area contributed by atoms with Gasteiger partial charge in [0.1, 0.15) is 0 Å². The van der Waals surface area contributed by atoms with Gasteiger partial charge < -0.3 is 11.1 Å². The fourth-order valence-corrected chi connectivity index (χ4v) is 2.26. The molecule has 1 rings (SSSR count). The molecule has 1 aromatic heterocycles. The Morgan fingerprint density at radius 1 is 1.75 bits per heavy atom. The SMILES string of the molecule is CSCC[C@@H](N)C(=O)NCCc1cscn1. The number of carbonyl (C=O) groups is 1. The van der Waals surface area contributed by atoms with Crippen molar-refractivity contribution >= 4 is 29.0 Å². The van der Waals surface area contributed by atoms with E-state index in [1.54, 1.807) is 28.6 Å². The monoisotopic (exact) mass is 259 g/mol. The summed E-state index contributed by atoms with van der Waals surface area (Å²) in [5.74, 6) is 0.852. The van der Waals surface area contributed by atoms with Crippen LogP contribution in [0.1, 0.15) is 12.1 Å². The number of amides is 1. The van der Waals surface area contributed by atoms with Crippen LogP contribution < -0.4 is 11.1 Å². The number of nitrogens with one attached hydrogen (secondary N) is 1. The zero-order valence-corrected chi connectivity index (χ0v) is 10.9. The predicted octanol–water partition coefficient (Wildman–Crippen LogP) is 0.882. The molecule has 0 unspecified atom stereocenters. The third-order valence-corrected chi connectivity index (χ3v) is 3.41. The van der Waals surface area contributed by atoms with Crippen LogP contribution in [-0.2, 0) is 11.2 Å². The molecule has 1 heterocycles. The Kier molecular flexibility index (Phi) is 6.44. The van der Waals surface area contributed by atoms with Gasteiger partial charge in [-0.3, -0.25) is 4.79 Å². The molecule has 0 radical (unpaired) electrons. The van der Waals surface area contributed by atoms with Gasteiger partial charge in [0, 0.05) is 18.3 Å². The van der Waals surface area contributed by atoms with Crippen molar-refractivity contribution < 1.29 is 4.79 Å². The summed E-state index contributed by atoms with van der Waals surface area (Å²) in [5.41, 5.74) is 8.53. The van der Waals surface area contributed by atoms with Crippen molar-refractivity contribution in [2.24, 2.45) is 5.73 Å². The number of rotatable bonds is 7. The van der Waals surface area contributed by atoms with E-state index in [-0.39, 0.29) is 11.9 Å². The fraction of sp³-hybridized carbons (Fsp3) is 0.600. The average molecular weight is 259 g/mol. The lowest BCUT2D eigenvalue weighted by Crippen LogP contribution is -2.41. The van der Waals surface area contributed by atoms with Crippen LogP contribution in [0.15, 0.2) is 10.9 Å². The van der Waals surface area contributed by atoms with Crippen molar-refractivity contribution in [1.82, 2.24) is 10.3 Å². The molecular formula is C10H17N3OS2. The van der Waals surface area contributed by atoms with E-state index in [4.69, 9.17) is 5.73 Å². The molecule has 0 spiro atoms. The molecule has 0 aliphatic carbocycles. The number of aromatic nitrogens is 1. The van der Waals surface area contributed by atoms with Gasteiger partial charge in [0.15, 0.2) is 0 Å². The maximum atomic E-state index is 11.5. The highest BCUT2D eigenvalue weighted by molar-refractivity contribution is 7.98. The largest absolute Gasteiger partial charge is 0.354 e. The summed E-state index contributed by atoms with van der Waals surface area (Å²) < 4.78 is 0. The van der Waals surface area contributed by atoms with Gasteiger partial charge in [-0.2, -0.15) is 11.8 Å². The number of nitrogens with zero attached hydrogens (tertiary/aromatic N) is 1. The van der Waals surface area contributed by atoms with Crippen LogP contribution in [0, 0.1) is 0 Å². The molecule has 6 heteroatoms. The van der Waals surface area contributed by atoms with Crippen molar-refractivity contribution in [3.05, 3.63) is 16.6 Å². The van der Waals surface area contributed by atoms with Crippen LogP contribution in [0.25, 0.3) is 0 Å². The van der Waals surface area contributed by atoms with E-state index >= 15 is 0 Å². The Bertz CT molecular complexity index is 303. The second-order valence-electron chi connectivity index (χ2n) is 3.41. The summed E-state index contributed by atoms with van der Waals surface area (Å²) in [7, 11) is 0. The van der Waals surface area contributed by atoms with E-state index in [1.165, 1.54) is 0 Å². The first-order valence-electron chi connectivity index (χ1n) is 5.13. The van der Waals surface area contributed by atoms with Crippen molar-refractivity contribution in [3.8, 4) is 0 Å². The molecule has 0 saturated heterocycles. The van der Waals surface area contributed by atoms with E-state index < -0.39 is 0 Å². The lowest BCUT2D eigenvalue weighted by atomic mass is 10.2. The van der Waals surface area contributed by atoms with Crippen molar-refractivity contribution in [1.29, 1.82) is 0 Å². The lowest BCUT2D eigenvalue weighted by molar-refractivity contribution is -0.122. The second-order valence-corrected chi connectivity index (χ2v) is 5.11. The Balaban J connectivity index is 2.14. The van der Waals surface area contributed by atoms with Crippen LogP contribution in [0.4, 0.5) is 0 Å². The van der Waals surface area contributed by atoms with E-state index in [2.05, 4.69) is 10.3 Å². The number of hydrogen-bond acceptors (Lipinski definition) is 5. The van der Waals surface area contributed by atoms with Gasteiger partial charge in [-0.15, -0.1) is 11.3 Å². The van der Waals surface area contributed by atoms with Crippen LogP contribution in [0.3, 0.4) is 0 Å². The van der Waals surface area contributed by atoms with E-state index in [1.807, 2.05) is 11.6 Å². The molecule has 0 aromatic carbocycles. The van der Waals surface area contributed by atoms with Crippen molar-refractivity contribution in [2.75, 3.05) is 18.6 Å². The van der Waals surface area contributed by atoms with Gasteiger partial charge in [-0.05, 0) is 18.4 Å². The third-order valence-electron chi connectivity index (χ3n) is 2.13. The first-order chi connectivity index (χ1) is 7.74. The molecule has 16 heavy (non-hydrogen) atoms. The number of thiazole rings is 1. The molecule has 3 N–H and O–H groups in total. The average Bonchev–Trinajstić information content (AvgIpc) is 2.78. The number of carbonyl (C=O) groups excluding carboxylic acids is 1. The minimum absolute atomic E-state index is 0.0655. The third kappa shape index (κ3) is 4.96. The molecule has 1 atom stereocenters. The molecule has 0 bridgehead atoms. The first-order valence-corrected chi connectivity index (χ1v) is 7.47. The number of thioether (sulfide) groups is 1. The van der Waals surface area contributed by atoms with E-state index in [9.17, 15) is 4.79 Å². The maximum absolute atomic E-state index is 11.5. The van der Waals surface area contributed by atoms with Crippen LogP contribution in [0.2, 0.25) is 0 Å². The number of nitrogens with two attached hydrogens (primary N) is 1. The summed E-state index contributed by atoms with van der Waals surface area (Å²) in [6, 6.07) is -0.386. The molecule has 4 nitrogen and oxygen atoms in total. The summed E-state index contributed by atoms with van der Waals surface area (Å²) in [4.78, 5) is 15.7. The van der Waals surface area contributed by atoms with Gasteiger partial charge >= 0.3 is 0 Å². The van der Waals surface area contributed by atoms with Gasteiger partial charge in [0.2, 0.25) is 5.91 Å². The number of hydrogen-bond donors (Lipinski definition) is 2. The molecule has 90 valence electrons. The molecule has 1 aromatic rings. The highest BCUT2D eigenvalue weighted by Gasteiger charge is 2.11. The van der Waals surface area contributed by atoms with Crippen molar-refractivity contribution in [3.63, 3.8) is 0 Å². The molecular weight excluding hydrogens is 242 g/mol. The smallest absolute Gasteiger partial charge is 0.236 e. The van der Waals surface area contributed by atoms with Crippen LogP contribution >= 0.6 is 23.1 Å². The minimum Gasteiger partial charge on any atom is -0.354 e. The van der Waals surface area contributed by atoms with Gasteiger partial charge in [0.25, 0.3) is 0 Å². The summed E-state index contributed by atoms with van der Waals surface area (Å²) in [6.07, 6.45) is 3.50. The van der Waals surface area contributed by atoms with Gasteiger partial charge in [-0.25, -0.2) is 4.98 Å². The van der Waals surface area contributed by atoms with Crippen molar-refractivity contribution in [2.45, 2.75) is 18.9 Å². The first kappa shape index (κ1) is 13.5. The van der Waals surface area contributed by atoms with Gasteiger partial charge in [-0.1, -0.05) is 0 Å². The normalized spacial score (nSPS) is 12.4. The van der Waals surface area contributed by atoms with Gasteiger partial charge in [0.05, 0.1) is 17.2 Å². The van der Waals surface area contributed by atoms with E-state index in [0.29, 0.717) is 6.54 Å². The summed E-state index contributed by atoms with van der Waals surface area (Å²) in [5, 5.41) is 4.81. The maximum Gasteiger partial charge on any atom is 0.236 e. The topological polar surface area (TPSA) is 68.0 Å². The van der Waals surface area contributed by atoms with Crippen LogP contribution in [-0.4, -0.2) is 35.5 Å². The Morgan fingerprint density at radius 2 is 2.56 bits per heavy atom. The fourth-order valence-electron chi connectivity index (χ4n) is 1.18. The van der Waals surface area contributed by atoms with Crippen LogP contribution in [0.5, 0.6) is 0 Å². The highest BCUT2D eigenvalue weighted by atomic mass is 32.2. The standard InChI is InChI=1S/C10H17N3OS2/c1-15-5-3-9(11)10(14)12-4-2-8-6-16-7-13-8/h6-7,9H,2-5,11H2,1H3,(H,12,14)/t9-/m1/s1. The lowest BCUT2D eigenvalue weighted by Gasteiger charge is -2.10. The highest BCUT2D eigenvalue weighted by Crippen LogP contribution is 2.01. The zero-order valence-electron chi connectivity index (χ0n) is 9.31.